The number of rotatable bonds is 3. The van der Waals surface area contributed by atoms with Gasteiger partial charge < -0.3 is 20.1 Å². The molecule has 146 valence electrons. The zero-order valence-electron chi connectivity index (χ0n) is 14.7. The molecule has 4 heterocycles. The number of aromatic nitrogens is 3. The Morgan fingerprint density at radius 2 is 2.04 bits per heavy atom. The van der Waals surface area contributed by atoms with Crippen molar-refractivity contribution < 1.29 is 9.84 Å². The number of ether oxygens (including phenoxy) is 1. The second-order valence-electron chi connectivity index (χ2n) is 6.99. The van der Waals surface area contributed by atoms with Crippen LogP contribution in [0.1, 0.15) is 24.6 Å². The Labute approximate surface area is 165 Å². The molecule has 9 heteroatoms. The lowest BCUT2D eigenvalue weighted by molar-refractivity contribution is -0.0521. The summed E-state index contributed by atoms with van der Waals surface area (Å²) in [6, 6.07) is 5.99. The minimum Gasteiger partial charge on any atom is -0.385 e. The number of nitrogens with zero attached hydrogens (tertiary/aromatic N) is 4. The van der Waals surface area contributed by atoms with Crippen molar-refractivity contribution in [3.63, 3.8) is 0 Å². The molecule has 0 aliphatic carbocycles. The molecular weight excluding hydrogens is 377 g/mol. The van der Waals surface area contributed by atoms with E-state index in [2.05, 4.69) is 24.8 Å². The maximum absolute atomic E-state index is 10.7. The zero-order chi connectivity index (χ0) is 16.4. The maximum Gasteiger partial charge on any atom is 0.160 e. The molecule has 0 spiro atoms. The van der Waals surface area contributed by atoms with Crippen LogP contribution in [0.2, 0.25) is 0 Å². The standard InChI is InChI=1S/C17H25N5O2.2ClH/c23-17(11-18-6-10-24-13-17)12-21-8-4-14(5-9-21)16-20-19-15-3-1-2-7-22(15)16;;/h1-3,7,14,18,23H,4-6,8-13H2;2*1H. The third-order valence-electron chi connectivity index (χ3n) is 5.06. The van der Waals surface area contributed by atoms with Crippen molar-refractivity contribution in [1.29, 1.82) is 0 Å². The summed E-state index contributed by atoms with van der Waals surface area (Å²) in [5.74, 6) is 1.49. The van der Waals surface area contributed by atoms with Crippen molar-refractivity contribution in [2.45, 2.75) is 24.4 Å². The van der Waals surface area contributed by atoms with Crippen molar-refractivity contribution >= 4 is 30.5 Å². The highest BCUT2D eigenvalue weighted by molar-refractivity contribution is 5.85. The van der Waals surface area contributed by atoms with Crippen molar-refractivity contribution in [3.05, 3.63) is 30.2 Å². The first-order chi connectivity index (χ1) is 11.7. The highest BCUT2D eigenvalue weighted by atomic mass is 35.5. The van der Waals surface area contributed by atoms with E-state index in [-0.39, 0.29) is 24.8 Å². The molecule has 0 saturated carbocycles. The van der Waals surface area contributed by atoms with E-state index in [1.54, 1.807) is 0 Å². The Morgan fingerprint density at radius 3 is 2.85 bits per heavy atom. The number of fused-ring (bicyclic) bond motifs is 1. The van der Waals surface area contributed by atoms with E-state index < -0.39 is 5.60 Å². The number of piperidine rings is 1. The molecule has 4 rings (SSSR count). The predicted molar refractivity (Wildman–Crippen MR) is 105 cm³/mol. The van der Waals surface area contributed by atoms with Crippen LogP contribution in [0.3, 0.4) is 0 Å². The first-order valence-electron chi connectivity index (χ1n) is 8.76. The van der Waals surface area contributed by atoms with Gasteiger partial charge in [0.1, 0.15) is 11.4 Å². The summed E-state index contributed by atoms with van der Waals surface area (Å²) in [5, 5.41) is 22.7. The first kappa shape index (κ1) is 21.3. The van der Waals surface area contributed by atoms with E-state index in [0.29, 0.717) is 32.2 Å². The minimum atomic E-state index is -0.787. The molecule has 1 unspecified atom stereocenters. The summed E-state index contributed by atoms with van der Waals surface area (Å²) in [6.07, 6.45) is 4.12. The van der Waals surface area contributed by atoms with E-state index in [9.17, 15) is 5.11 Å². The van der Waals surface area contributed by atoms with Crippen molar-refractivity contribution in [2.75, 3.05) is 45.9 Å². The van der Waals surface area contributed by atoms with Crippen LogP contribution in [0.5, 0.6) is 0 Å². The van der Waals surface area contributed by atoms with Crippen molar-refractivity contribution in [3.8, 4) is 0 Å². The van der Waals surface area contributed by atoms with E-state index >= 15 is 0 Å². The number of likely N-dealkylation sites (tertiary alicyclic amines) is 1. The SMILES string of the molecule is Cl.Cl.OC1(CN2CCC(c3nnc4ccccn34)CC2)CNCCOC1. The number of hydrogen-bond acceptors (Lipinski definition) is 6. The summed E-state index contributed by atoms with van der Waals surface area (Å²) >= 11 is 0. The number of hydrogen-bond donors (Lipinski definition) is 2. The second-order valence-corrected chi connectivity index (χ2v) is 6.99. The molecule has 2 N–H and O–H groups in total. The Balaban J connectivity index is 0.00000121. The molecule has 2 aliphatic rings. The number of halogens is 2. The minimum absolute atomic E-state index is 0. The van der Waals surface area contributed by atoms with Gasteiger partial charge in [-0.1, -0.05) is 6.07 Å². The zero-order valence-corrected chi connectivity index (χ0v) is 16.3. The molecule has 1 atom stereocenters. The van der Waals surface area contributed by atoms with Crippen LogP contribution in [0.4, 0.5) is 0 Å². The van der Waals surface area contributed by atoms with Crippen LogP contribution in [0.25, 0.3) is 5.65 Å². The van der Waals surface area contributed by atoms with Gasteiger partial charge in [0.2, 0.25) is 0 Å². The van der Waals surface area contributed by atoms with E-state index in [4.69, 9.17) is 4.74 Å². The monoisotopic (exact) mass is 403 g/mol. The number of β-amino-alcohol motifs (C(OH)–C–C–N with tert-alkyl or cyclic N) is 1. The topological polar surface area (TPSA) is 74.9 Å². The highest BCUT2D eigenvalue weighted by Crippen LogP contribution is 2.27. The van der Waals surface area contributed by atoms with Crippen LogP contribution in [0.15, 0.2) is 24.4 Å². The fourth-order valence-corrected chi connectivity index (χ4v) is 3.78. The smallest absolute Gasteiger partial charge is 0.160 e. The molecule has 2 aliphatic heterocycles. The molecule has 2 fully saturated rings. The normalized spacial score (nSPS) is 25.3. The summed E-state index contributed by atoms with van der Waals surface area (Å²) in [4.78, 5) is 2.34. The van der Waals surface area contributed by atoms with Crippen LogP contribution in [-0.4, -0.2) is 76.1 Å². The summed E-state index contributed by atoms with van der Waals surface area (Å²) in [6.45, 7) is 5.09. The lowest BCUT2D eigenvalue weighted by atomic mass is 9.94. The third kappa shape index (κ3) is 4.65. The molecule has 0 aromatic carbocycles. The lowest BCUT2D eigenvalue weighted by Crippen LogP contribution is -2.52. The highest BCUT2D eigenvalue weighted by Gasteiger charge is 2.33. The molecule has 7 nitrogen and oxygen atoms in total. The third-order valence-corrected chi connectivity index (χ3v) is 5.06. The predicted octanol–water partition coefficient (Wildman–Crippen LogP) is 1.10. The Morgan fingerprint density at radius 1 is 1.23 bits per heavy atom. The Kier molecular flexibility index (Phi) is 7.63. The molecule has 2 aromatic rings. The summed E-state index contributed by atoms with van der Waals surface area (Å²) < 4.78 is 7.61. The van der Waals surface area contributed by atoms with Gasteiger partial charge in [-0.2, -0.15) is 0 Å². The Hall–Kier alpha value is -0.960. The molecule has 26 heavy (non-hydrogen) atoms. The van der Waals surface area contributed by atoms with Crippen LogP contribution in [-0.2, 0) is 4.74 Å². The molecule has 0 amide bonds. The van der Waals surface area contributed by atoms with Gasteiger partial charge in [-0.25, -0.2) is 0 Å². The first-order valence-corrected chi connectivity index (χ1v) is 8.76. The lowest BCUT2D eigenvalue weighted by Gasteiger charge is -2.37. The number of pyridine rings is 1. The van der Waals surface area contributed by atoms with E-state index in [0.717, 1.165) is 43.9 Å². The molecule has 0 radical (unpaired) electrons. The molecular formula is C17H27Cl2N5O2. The molecule has 2 aromatic heterocycles. The van der Waals surface area contributed by atoms with Crippen LogP contribution < -0.4 is 5.32 Å². The van der Waals surface area contributed by atoms with Gasteiger partial charge in [-0.3, -0.25) is 4.40 Å². The maximum atomic E-state index is 10.7. The second kappa shape index (κ2) is 9.30. The average Bonchev–Trinajstić information content (AvgIpc) is 2.91. The van der Waals surface area contributed by atoms with Gasteiger partial charge >= 0.3 is 0 Å². The van der Waals surface area contributed by atoms with Crippen molar-refractivity contribution in [2.24, 2.45) is 0 Å². The molecule has 0 bridgehead atoms. The van der Waals surface area contributed by atoms with Crippen LogP contribution >= 0.6 is 24.8 Å². The van der Waals surface area contributed by atoms with Gasteiger partial charge in [0.25, 0.3) is 0 Å². The van der Waals surface area contributed by atoms with Gasteiger partial charge in [0, 0.05) is 31.7 Å². The van der Waals surface area contributed by atoms with Crippen LogP contribution in [0, 0.1) is 0 Å². The largest absolute Gasteiger partial charge is 0.385 e. The van der Waals surface area contributed by atoms with Gasteiger partial charge in [-0.05, 0) is 38.1 Å². The van der Waals surface area contributed by atoms with Gasteiger partial charge in [0.15, 0.2) is 5.65 Å². The quantitative estimate of drug-likeness (QED) is 0.799. The average molecular weight is 404 g/mol. The fraction of sp³-hybridized carbons (Fsp3) is 0.647. The van der Waals surface area contributed by atoms with E-state index in [1.165, 1.54) is 0 Å². The van der Waals surface area contributed by atoms with E-state index in [1.807, 2.05) is 24.4 Å². The van der Waals surface area contributed by atoms with Crippen molar-refractivity contribution in [1.82, 2.24) is 24.8 Å². The molecule has 2 saturated heterocycles. The fourth-order valence-electron chi connectivity index (χ4n) is 3.78. The summed E-state index contributed by atoms with van der Waals surface area (Å²) in [7, 11) is 0. The number of aliphatic hydroxyl groups is 1. The Bertz CT molecular complexity index is 683. The van der Waals surface area contributed by atoms with Gasteiger partial charge in [0.05, 0.1) is 13.2 Å². The number of nitrogens with one attached hydrogen (secondary N) is 1. The summed E-state index contributed by atoms with van der Waals surface area (Å²) in [5.41, 5.74) is 0.121. The van der Waals surface area contributed by atoms with Gasteiger partial charge in [-0.15, -0.1) is 35.0 Å².